The largest absolute Gasteiger partial charge is 0.318 e. The molecule has 3 rings (SSSR count). The summed E-state index contributed by atoms with van der Waals surface area (Å²) in [6, 6.07) is 3.25. The minimum Gasteiger partial charge on any atom is -0.318 e. The van der Waals surface area contributed by atoms with E-state index in [0.717, 1.165) is 23.0 Å². The lowest BCUT2D eigenvalue weighted by atomic mass is 10.4. The zero-order valence-corrected chi connectivity index (χ0v) is 11.2. The van der Waals surface area contributed by atoms with Crippen LogP contribution in [0.25, 0.3) is 0 Å². The van der Waals surface area contributed by atoms with Crippen LogP contribution in [0.4, 0.5) is 5.82 Å². The number of anilines is 1. The molecule has 0 atom stereocenters. The minimum atomic E-state index is -3.64. The summed E-state index contributed by atoms with van der Waals surface area (Å²) >= 11 is 0. The van der Waals surface area contributed by atoms with Gasteiger partial charge in [0.15, 0.2) is 10.8 Å². The average molecular weight is 279 g/mol. The fraction of sp³-hybridized carbons (Fsp3) is 0.364. The van der Waals surface area contributed by atoms with E-state index in [1.807, 2.05) is 0 Å². The molecule has 0 aliphatic carbocycles. The predicted octanol–water partition coefficient (Wildman–Crippen LogP) is 0.444. The molecule has 0 N–H and O–H groups in total. The average Bonchev–Trinajstić information content (AvgIpc) is 3.01. The second-order valence-electron chi connectivity index (χ2n) is 4.32. The van der Waals surface area contributed by atoms with Crippen molar-refractivity contribution in [3.8, 4) is 0 Å². The number of aromatic nitrogens is 4. The molecule has 0 spiro atoms. The van der Waals surface area contributed by atoms with Gasteiger partial charge in [-0.3, -0.25) is 4.31 Å². The van der Waals surface area contributed by atoms with E-state index >= 15 is 0 Å². The number of fused-ring (bicyclic) bond motifs is 1. The Labute approximate surface area is 111 Å². The third-order valence-corrected chi connectivity index (χ3v) is 4.95. The molecule has 1 aliphatic heterocycles. The predicted molar refractivity (Wildman–Crippen MR) is 68.2 cm³/mol. The standard InChI is InChI=1S/C11H13N5O2S/c1-15(10-4-2-6-13-14-10)19(17,18)11-8-12-9-5-3-7-16(9)11/h2,4,6,8H,3,5,7H2,1H3. The fourth-order valence-electron chi connectivity index (χ4n) is 2.16. The van der Waals surface area contributed by atoms with Gasteiger partial charge in [-0.1, -0.05) is 0 Å². The van der Waals surface area contributed by atoms with Crippen LogP contribution in [0.2, 0.25) is 0 Å². The van der Waals surface area contributed by atoms with Crippen molar-refractivity contribution in [2.45, 2.75) is 24.4 Å². The molecule has 7 nitrogen and oxygen atoms in total. The van der Waals surface area contributed by atoms with Crippen LogP contribution in [-0.4, -0.2) is 35.2 Å². The maximum absolute atomic E-state index is 12.6. The van der Waals surface area contributed by atoms with Gasteiger partial charge >= 0.3 is 0 Å². The molecule has 19 heavy (non-hydrogen) atoms. The van der Waals surface area contributed by atoms with Crippen LogP contribution in [0, 0.1) is 0 Å². The second kappa shape index (κ2) is 4.30. The van der Waals surface area contributed by atoms with Crippen molar-refractivity contribution >= 4 is 15.8 Å². The van der Waals surface area contributed by atoms with Crippen molar-refractivity contribution in [1.29, 1.82) is 0 Å². The van der Waals surface area contributed by atoms with Crippen LogP contribution >= 0.6 is 0 Å². The quantitative estimate of drug-likeness (QED) is 0.814. The molecule has 8 heteroatoms. The number of imidazole rings is 1. The number of aryl methyl sites for hydroxylation is 1. The number of rotatable bonds is 3. The zero-order valence-electron chi connectivity index (χ0n) is 10.4. The normalized spacial score (nSPS) is 14.4. The monoisotopic (exact) mass is 279 g/mol. The zero-order chi connectivity index (χ0) is 13.5. The summed E-state index contributed by atoms with van der Waals surface area (Å²) < 4.78 is 28.0. The Morgan fingerprint density at radius 2 is 2.26 bits per heavy atom. The maximum Gasteiger partial charge on any atom is 0.282 e. The lowest BCUT2D eigenvalue weighted by Gasteiger charge is -2.17. The highest BCUT2D eigenvalue weighted by Gasteiger charge is 2.29. The highest BCUT2D eigenvalue weighted by atomic mass is 32.2. The number of hydrogen-bond acceptors (Lipinski definition) is 5. The molecule has 0 radical (unpaired) electrons. The van der Waals surface area contributed by atoms with Gasteiger partial charge in [-0.15, -0.1) is 5.10 Å². The summed E-state index contributed by atoms with van der Waals surface area (Å²) in [7, 11) is -2.18. The molecule has 0 aromatic carbocycles. The van der Waals surface area contributed by atoms with Gasteiger partial charge in [0.1, 0.15) is 5.82 Å². The SMILES string of the molecule is CN(c1cccnn1)S(=O)(=O)c1cnc2n1CCC2. The summed E-state index contributed by atoms with van der Waals surface area (Å²) in [5.74, 6) is 1.11. The van der Waals surface area contributed by atoms with Crippen molar-refractivity contribution in [3.63, 3.8) is 0 Å². The van der Waals surface area contributed by atoms with Crippen LogP contribution in [0.3, 0.4) is 0 Å². The Morgan fingerprint density at radius 1 is 1.42 bits per heavy atom. The van der Waals surface area contributed by atoms with Crippen LogP contribution in [0.15, 0.2) is 29.6 Å². The molecule has 0 saturated carbocycles. The molecule has 2 aromatic heterocycles. The third kappa shape index (κ3) is 1.88. The number of sulfonamides is 1. The van der Waals surface area contributed by atoms with E-state index in [4.69, 9.17) is 0 Å². The highest BCUT2D eigenvalue weighted by Crippen LogP contribution is 2.24. The van der Waals surface area contributed by atoms with E-state index in [-0.39, 0.29) is 10.8 Å². The second-order valence-corrected chi connectivity index (χ2v) is 6.24. The fourth-order valence-corrected chi connectivity index (χ4v) is 3.45. The molecule has 0 amide bonds. The molecule has 100 valence electrons. The van der Waals surface area contributed by atoms with E-state index in [2.05, 4.69) is 15.2 Å². The lowest BCUT2D eigenvalue weighted by Crippen LogP contribution is -2.29. The molecule has 1 aliphatic rings. The number of nitrogens with zero attached hydrogens (tertiary/aromatic N) is 5. The first-order chi connectivity index (χ1) is 9.10. The first-order valence-electron chi connectivity index (χ1n) is 5.92. The number of hydrogen-bond donors (Lipinski definition) is 0. The highest BCUT2D eigenvalue weighted by molar-refractivity contribution is 7.92. The van der Waals surface area contributed by atoms with Crippen molar-refractivity contribution in [2.75, 3.05) is 11.4 Å². The van der Waals surface area contributed by atoms with Gasteiger partial charge < -0.3 is 4.57 Å². The van der Waals surface area contributed by atoms with Gasteiger partial charge in [-0.05, 0) is 18.6 Å². The lowest BCUT2D eigenvalue weighted by molar-refractivity contribution is 0.576. The van der Waals surface area contributed by atoms with E-state index < -0.39 is 10.0 Å². The van der Waals surface area contributed by atoms with Crippen molar-refractivity contribution in [3.05, 3.63) is 30.4 Å². The van der Waals surface area contributed by atoms with E-state index in [1.54, 1.807) is 16.7 Å². The molecule has 0 bridgehead atoms. The summed E-state index contributed by atoms with van der Waals surface area (Å²) in [6.07, 6.45) is 4.67. The Bertz CT molecular complexity index is 695. The van der Waals surface area contributed by atoms with Crippen LogP contribution < -0.4 is 4.31 Å². The van der Waals surface area contributed by atoms with Gasteiger partial charge in [0.2, 0.25) is 0 Å². The van der Waals surface area contributed by atoms with Crippen LogP contribution in [0.5, 0.6) is 0 Å². The van der Waals surface area contributed by atoms with Crippen molar-refractivity contribution in [2.24, 2.45) is 0 Å². The molecule has 3 heterocycles. The van der Waals surface area contributed by atoms with Gasteiger partial charge in [-0.25, -0.2) is 4.98 Å². The van der Waals surface area contributed by atoms with Gasteiger partial charge in [0, 0.05) is 26.2 Å². The first kappa shape index (κ1) is 12.1. The van der Waals surface area contributed by atoms with Crippen LogP contribution in [0.1, 0.15) is 12.2 Å². The minimum absolute atomic E-state index is 0.216. The Kier molecular flexibility index (Phi) is 2.74. The molecular formula is C11H13N5O2S. The maximum atomic E-state index is 12.6. The van der Waals surface area contributed by atoms with E-state index in [9.17, 15) is 8.42 Å². The molecular weight excluding hydrogens is 266 g/mol. The van der Waals surface area contributed by atoms with E-state index in [0.29, 0.717) is 6.54 Å². The third-order valence-electron chi connectivity index (χ3n) is 3.19. The van der Waals surface area contributed by atoms with E-state index in [1.165, 1.54) is 19.4 Å². The Hall–Kier alpha value is -1.96. The molecule has 2 aromatic rings. The van der Waals surface area contributed by atoms with Gasteiger partial charge in [0.05, 0.1) is 6.20 Å². The topological polar surface area (TPSA) is 81.0 Å². The van der Waals surface area contributed by atoms with Gasteiger partial charge in [-0.2, -0.15) is 13.5 Å². The smallest absolute Gasteiger partial charge is 0.282 e. The first-order valence-corrected chi connectivity index (χ1v) is 7.36. The van der Waals surface area contributed by atoms with Crippen molar-refractivity contribution in [1.82, 2.24) is 19.7 Å². The van der Waals surface area contributed by atoms with Crippen molar-refractivity contribution < 1.29 is 8.42 Å². The van der Waals surface area contributed by atoms with Crippen LogP contribution in [-0.2, 0) is 23.0 Å². The summed E-state index contributed by atoms with van der Waals surface area (Å²) in [4.78, 5) is 4.16. The molecule has 0 saturated heterocycles. The Morgan fingerprint density at radius 3 is 3.00 bits per heavy atom. The molecule has 0 fully saturated rings. The summed E-state index contributed by atoms with van der Waals surface area (Å²) in [5, 5.41) is 7.73. The summed E-state index contributed by atoms with van der Waals surface area (Å²) in [5.41, 5.74) is 0. The molecule has 0 unspecified atom stereocenters. The Balaban J connectivity index is 2.03. The van der Waals surface area contributed by atoms with Gasteiger partial charge in [0.25, 0.3) is 10.0 Å². The summed E-state index contributed by atoms with van der Waals surface area (Å²) in [6.45, 7) is 0.693.